The highest BCUT2D eigenvalue weighted by atomic mass is 32.2. The van der Waals surface area contributed by atoms with E-state index < -0.39 is 0 Å². The molecule has 0 saturated carbocycles. The second-order valence-corrected chi connectivity index (χ2v) is 6.71. The Morgan fingerprint density at radius 3 is 2.58 bits per heavy atom. The Morgan fingerprint density at radius 1 is 1.15 bits per heavy atom. The molecule has 1 aromatic heterocycles. The minimum atomic E-state index is -0.0184. The molecule has 2 aromatic carbocycles. The fraction of sp³-hybridized carbons (Fsp3) is 0.200. The van der Waals surface area contributed by atoms with E-state index in [0.29, 0.717) is 12.3 Å². The first-order valence-corrected chi connectivity index (χ1v) is 9.25. The van der Waals surface area contributed by atoms with Gasteiger partial charge in [0.15, 0.2) is 5.16 Å². The van der Waals surface area contributed by atoms with Gasteiger partial charge in [0.25, 0.3) is 0 Å². The smallest absolute Gasteiger partial charge is 0.230 e. The molecule has 26 heavy (non-hydrogen) atoms. The first kappa shape index (κ1) is 18.1. The molecule has 0 fully saturated rings. The zero-order chi connectivity index (χ0) is 18.4. The summed E-state index contributed by atoms with van der Waals surface area (Å²) < 4.78 is 7.14. The number of hydrogen-bond acceptors (Lipinski definition) is 4. The summed E-state index contributed by atoms with van der Waals surface area (Å²) in [5, 5.41) is 3.75. The Hall–Kier alpha value is -2.73. The lowest BCUT2D eigenvalue weighted by atomic mass is 10.2. The number of hydrogen-bond donors (Lipinski definition) is 1. The van der Waals surface area contributed by atoms with Crippen LogP contribution >= 0.6 is 11.8 Å². The largest absolute Gasteiger partial charge is 0.497 e. The molecule has 0 unspecified atom stereocenters. The summed E-state index contributed by atoms with van der Waals surface area (Å²) in [6.45, 7) is 0.499. The third-order valence-corrected chi connectivity index (χ3v) is 5.04. The van der Waals surface area contributed by atoms with Gasteiger partial charge in [-0.2, -0.15) is 0 Å². The van der Waals surface area contributed by atoms with Crippen LogP contribution in [0.3, 0.4) is 0 Å². The SMILES string of the molecule is COc1ccc(CNC(=O)CSc2ncc(-c3ccccc3)n2C)cc1. The highest BCUT2D eigenvalue weighted by molar-refractivity contribution is 7.99. The van der Waals surface area contributed by atoms with E-state index in [1.54, 1.807) is 7.11 Å². The number of benzene rings is 2. The molecule has 0 aliphatic carbocycles. The summed E-state index contributed by atoms with van der Waals surface area (Å²) in [5.74, 6) is 1.12. The first-order chi connectivity index (χ1) is 12.7. The number of rotatable bonds is 7. The lowest BCUT2D eigenvalue weighted by Crippen LogP contribution is -2.24. The van der Waals surface area contributed by atoms with Gasteiger partial charge in [-0.3, -0.25) is 4.79 Å². The molecular formula is C20H21N3O2S. The number of thioether (sulfide) groups is 1. The van der Waals surface area contributed by atoms with Gasteiger partial charge in [-0.15, -0.1) is 0 Å². The summed E-state index contributed by atoms with van der Waals surface area (Å²) in [7, 11) is 3.60. The van der Waals surface area contributed by atoms with Gasteiger partial charge in [0.1, 0.15) is 5.75 Å². The molecule has 5 nitrogen and oxygen atoms in total. The van der Waals surface area contributed by atoms with E-state index in [9.17, 15) is 4.79 Å². The molecule has 1 heterocycles. The van der Waals surface area contributed by atoms with Crippen LogP contribution in [0.5, 0.6) is 5.75 Å². The summed E-state index contributed by atoms with van der Waals surface area (Å²) in [5.41, 5.74) is 3.18. The van der Waals surface area contributed by atoms with Crippen LogP contribution < -0.4 is 10.1 Å². The van der Waals surface area contributed by atoms with Gasteiger partial charge in [0, 0.05) is 13.6 Å². The molecule has 0 bridgehead atoms. The molecule has 6 heteroatoms. The van der Waals surface area contributed by atoms with Crippen LogP contribution in [0.4, 0.5) is 0 Å². The van der Waals surface area contributed by atoms with Crippen molar-refractivity contribution in [3.8, 4) is 17.0 Å². The predicted octanol–water partition coefficient (Wildman–Crippen LogP) is 3.50. The molecule has 0 radical (unpaired) electrons. The van der Waals surface area contributed by atoms with E-state index in [-0.39, 0.29) is 5.91 Å². The summed E-state index contributed by atoms with van der Waals surface area (Å²) in [6, 6.07) is 17.7. The minimum absolute atomic E-state index is 0.0184. The Morgan fingerprint density at radius 2 is 1.88 bits per heavy atom. The number of nitrogens with one attached hydrogen (secondary N) is 1. The molecule has 1 N–H and O–H groups in total. The number of aromatic nitrogens is 2. The summed E-state index contributed by atoms with van der Waals surface area (Å²) in [6.07, 6.45) is 1.84. The van der Waals surface area contributed by atoms with Crippen molar-refractivity contribution in [2.45, 2.75) is 11.7 Å². The molecule has 3 rings (SSSR count). The highest BCUT2D eigenvalue weighted by Crippen LogP contribution is 2.24. The van der Waals surface area contributed by atoms with E-state index >= 15 is 0 Å². The predicted molar refractivity (Wildman–Crippen MR) is 104 cm³/mol. The van der Waals surface area contributed by atoms with E-state index in [0.717, 1.165) is 27.7 Å². The summed E-state index contributed by atoms with van der Waals surface area (Å²) in [4.78, 5) is 16.5. The van der Waals surface area contributed by atoms with E-state index in [1.165, 1.54) is 11.8 Å². The second-order valence-electron chi connectivity index (χ2n) is 5.76. The maximum atomic E-state index is 12.1. The van der Waals surface area contributed by atoms with Crippen LogP contribution in [0.15, 0.2) is 66.0 Å². The van der Waals surface area contributed by atoms with Crippen molar-refractivity contribution < 1.29 is 9.53 Å². The van der Waals surface area contributed by atoms with Crippen LogP contribution in [0.2, 0.25) is 0 Å². The quantitative estimate of drug-likeness (QED) is 0.650. The average molecular weight is 367 g/mol. The Kier molecular flexibility index (Phi) is 5.96. The fourth-order valence-electron chi connectivity index (χ4n) is 2.53. The van der Waals surface area contributed by atoms with Crippen LogP contribution in [0.1, 0.15) is 5.56 Å². The molecule has 0 saturated heterocycles. The van der Waals surface area contributed by atoms with E-state index in [4.69, 9.17) is 4.74 Å². The first-order valence-electron chi connectivity index (χ1n) is 8.27. The van der Waals surface area contributed by atoms with Crippen molar-refractivity contribution in [2.24, 2.45) is 7.05 Å². The Labute approximate surface area is 157 Å². The van der Waals surface area contributed by atoms with Crippen molar-refractivity contribution >= 4 is 17.7 Å². The van der Waals surface area contributed by atoms with Crippen molar-refractivity contribution in [3.05, 3.63) is 66.4 Å². The zero-order valence-corrected chi connectivity index (χ0v) is 15.6. The molecular weight excluding hydrogens is 346 g/mol. The van der Waals surface area contributed by atoms with Gasteiger partial charge in [-0.1, -0.05) is 54.2 Å². The Bertz CT molecular complexity index is 861. The van der Waals surface area contributed by atoms with Crippen LogP contribution in [-0.2, 0) is 18.4 Å². The average Bonchev–Trinajstić information content (AvgIpc) is 3.06. The van der Waals surface area contributed by atoms with Gasteiger partial charge in [-0.25, -0.2) is 4.98 Å². The molecule has 3 aromatic rings. The standard InChI is InChI=1S/C20H21N3O2S/c1-23-18(16-6-4-3-5-7-16)13-22-20(23)26-14-19(24)21-12-15-8-10-17(25-2)11-9-15/h3-11,13H,12,14H2,1-2H3,(H,21,24). The monoisotopic (exact) mass is 367 g/mol. The minimum Gasteiger partial charge on any atom is -0.497 e. The van der Waals surface area contributed by atoms with Gasteiger partial charge in [0.05, 0.1) is 24.8 Å². The van der Waals surface area contributed by atoms with Crippen molar-refractivity contribution in [1.82, 2.24) is 14.9 Å². The molecule has 0 aliphatic rings. The van der Waals surface area contributed by atoms with Crippen LogP contribution in [0, 0.1) is 0 Å². The van der Waals surface area contributed by atoms with Crippen molar-refractivity contribution in [1.29, 1.82) is 0 Å². The molecule has 0 spiro atoms. The maximum absolute atomic E-state index is 12.1. The van der Waals surface area contributed by atoms with E-state index in [1.807, 2.05) is 72.4 Å². The zero-order valence-electron chi connectivity index (χ0n) is 14.8. The molecule has 134 valence electrons. The van der Waals surface area contributed by atoms with Crippen molar-refractivity contribution in [3.63, 3.8) is 0 Å². The number of amides is 1. The van der Waals surface area contributed by atoms with Crippen LogP contribution in [-0.4, -0.2) is 28.3 Å². The third kappa shape index (κ3) is 4.46. The maximum Gasteiger partial charge on any atom is 0.230 e. The Balaban J connectivity index is 1.52. The van der Waals surface area contributed by atoms with Crippen molar-refractivity contribution in [2.75, 3.05) is 12.9 Å². The number of nitrogens with zero attached hydrogens (tertiary/aromatic N) is 2. The lowest BCUT2D eigenvalue weighted by Gasteiger charge is -2.07. The van der Waals surface area contributed by atoms with Gasteiger partial charge in [0.2, 0.25) is 5.91 Å². The third-order valence-electron chi connectivity index (χ3n) is 4.00. The van der Waals surface area contributed by atoms with Gasteiger partial charge >= 0.3 is 0 Å². The fourth-order valence-corrected chi connectivity index (χ4v) is 3.31. The number of ether oxygens (including phenoxy) is 1. The van der Waals surface area contributed by atoms with E-state index in [2.05, 4.69) is 10.3 Å². The normalized spacial score (nSPS) is 10.5. The lowest BCUT2D eigenvalue weighted by molar-refractivity contribution is -0.118. The number of carbonyl (C=O) groups is 1. The number of imidazole rings is 1. The number of methoxy groups -OCH3 is 1. The van der Waals surface area contributed by atoms with Crippen LogP contribution in [0.25, 0.3) is 11.3 Å². The topological polar surface area (TPSA) is 56.1 Å². The molecule has 0 atom stereocenters. The second kappa shape index (κ2) is 8.58. The van der Waals surface area contributed by atoms with Gasteiger partial charge < -0.3 is 14.6 Å². The molecule has 1 amide bonds. The van der Waals surface area contributed by atoms with Gasteiger partial charge in [-0.05, 0) is 23.3 Å². The number of carbonyl (C=O) groups excluding carboxylic acids is 1. The summed E-state index contributed by atoms with van der Waals surface area (Å²) >= 11 is 1.43. The highest BCUT2D eigenvalue weighted by Gasteiger charge is 2.11. The molecule has 0 aliphatic heterocycles.